The highest BCUT2D eigenvalue weighted by atomic mass is 16.7. The van der Waals surface area contributed by atoms with Gasteiger partial charge >= 0.3 is 0 Å². The summed E-state index contributed by atoms with van der Waals surface area (Å²) in [6.07, 6.45) is 4.99. The fourth-order valence-corrected chi connectivity index (χ4v) is 1.13. The van der Waals surface area contributed by atoms with Crippen molar-refractivity contribution in [2.75, 3.05) is 33.2 Å². The van der Waals surface area contributed by atoms with E-state index in [9.17, 15) is 0 Å². The van der Waals surface area contributed by atoms with Crippen molar-refractivity contribution in [3.63, 3.8) is 0 Å². The molecule has 3 nitrogen and oxygen atoms in total. The molecule has 12 heavy (non-hydrogen) atoms. The Labute approximate surface area is 74.0 Å². The molecule has 0 N–H and O–H groups in total. The van der Waals surface area contributed by atoms with Gasteiger partial charge in [0.15, 0.2) is 0 Å². The molecule has 0 bridgehead atoms. The zero-order valence-electron chi connectivity index (χ0n) is 7.59. The van der Waals surface area contributed by atoms with Crippen molar-refractivity contribution in [1.82, 2.24) is 0 Å². The molecule has 0 atom stereocenters. The first-order chi connectivity index (χ1) is 6.00. The van der Waals surface area contributed by atoms with Crippen LogP contribution in [0.1, 0.15) is 25.7 Å². The van der Waals surface area contributed by atoms with Crippen LogP contribution in [0, 0.1) is 0 Å². The maximum absolute atomic E-state index is 5.07. The molecule has 0 aromatic rings. The predicted octanol–water partition coefficient (Wildman–Crippen LogP) is 1.57. The standard InChI is InChI=1S/C5H10O.C4H8O2/c1-2-4-6-5-3-1;1-2-5-4-6-3-1/h1-5H2;1-4H2. The molecule has 2 fully saturated rings. The van der Waals surface area contributed by atoms with Crippen molar-refractivity contribution in [2.24, 2.45) is 0 Å². The van der Waals surface area contributed by atoms with E-state index in [0.717, 1.165) is 32.8 Å². The Morgan fingerprint density at radius 2 is 1.08 bits per heavy atom. The zero-order valence-corrected chi connectivity index (χ0v) is 7.59. The van der Waals surface area contributed by atoms with E-state index in [0.29, 0.717) is 6.79 Å². The van der Waals surface area contributed by atoms with Crippen LogP contribution in [0.2, 0.25) is 0 Å². The fourth-order valence-electron chi connectivity index (χ4n) is 1.13. The second-order valence-electron chi connectivity index (χ2n) is 2.96. The van der Waals surface area contributed by atoms with Gasteiger partial charge in [0.25, 0.3) is 0 Å². The molecule has 2 rings (SSSR count). The van der Waals surface area contributed by atoms with Crippen LogP contribution >= 0.6 is 0 Å². The van der Waals surface area contributed by atoms with Gasteiger partial charge < -0.3 is 14.2 Å². The summed E-state index contributed by atoms with van der Waals surface area (Å²) in [5.41, 5.74) is 0. The van der Waals surface area contributed by atoms with E-state index in [2.05, 4.69) is 0 Å². The maximum Gasteiger partial charge on any atom is 0.146 e. The molecule has 0 saturated carbocycles. The highest BCUT2D eigenvalue weighted by molar-refractivity contribution is 4.45. The highest BCUT2D eigenvalue weighted by Gasteiger charge is 1.95. The second kappa shape index (κ2) is 7.53. The molecule has 2 saturated heterocycles. The summed E-state index contributed by atoms with van der Waals surface area (Å²) in [6.45, 7) is 4.25. The molecule has 0 spiro atoms. The van der Waals surface area contributed by atoms with Crippen LogP contribution in [0.15, 0.2) is 0 Å². The summed E-state index contributed by atoms with van der Waals surface area (Å²) < 4.78 is 14.8. The predicted molar refractivity (Wildman–Crippen MR) is 46.1 cm³/mol. The van der Waals surface area contributed by atoms with Crippen LogP contribution in [0.25, 0.3) is 0 Å². The van der Waals surface area contributed by atoms with Crippen molar-refractivity contribution in [1.29, 1.82) is 0 Å². The third kappa shape index (κ3) is 5.52. The molecule has 0 aromatic carbocycles. The van der Waals surface area contributed by atoms with E-state index in [4.69, 9.17) is 14.2 Å². The molecule has 0 unspecified atom stereocenters. The Hall–Kier alpha value is -0.120. The van der Waals surface area contributed by atoms with Crippen molar-refractivity contribution in [3.8, 4) is 0 Å². The average Bonchev–Trinajstić information content (AvgIpc) is 2.24. The van der Waals surface area contributed by atoms with Gasteiger partial charge in [-0.15, -0.1) is 0 Å². The lowest BCUT2D eigenvalue weighted by Gasteiger charge is -2.09. The molecule has 0 aromatic heterocycles. The summed E-state index contributed by atoms with van der Waals surface area (Å²) in [6, 6.07) is 0. The van der Waals surface area contributed by atoms with Crippen LogP contribution < -0.4 is 0 Å². The van der Waals surface area contributed by atoms with Crippen molar-refractivity contribution < 1.29 is 14.2 Å². The molecule has 0 amide bonds. The highest BCUT2D eigenvalue weighted by Crippen LogP contribution is 2.02. The Bertz CT molecular complexity index is 52.8. The van der Waals surface area contributed by atoms with Crippen molar-refractivity contribution in [3.05, 3.63) is 0 Å². The normalized spacial score (nSPS) is 24.0. The molecule has 2 aliphatic rings. The number of rotatable bonds is 0. The summed E-state index contributed by atoms with van der Waals surface area (Å²) in [4.78, 5) is 0. The molecule has 72 valence electrons. The Morgan fingerprint density at radius 1 is 0.500 bits per heavy atom. The number of ether oxygens (including phenoxy) is 3. The first kappa shape index (κ1) is 9.96. The van der Waals surface area contributed by atoms with Gasteiger partial charge in [-0.2, -0.15) is 0 Å². The van der Waals surface area contributed by atoms with Gasteiger partial charge in [-0.05, 0) is 25.7 Å². The SMILES string of the molecule is C1CCOCC1.C1COCOC1. The van der Waals surface area contributed by atoms with E-state index in [-0.39, 0.29) is 0 Å². The molecule has 0 aliphatic carbocycles. The van der Waals surface area contributed by atoms with Gasteiger partial charge in [0.05, 0.1) is 13.2 Å². The molecule has 2 heterocycles. The topological polar surface area (TPSA) is 27.7 Å². The Morgan fingerprint density at radius 3 is 1.25 bits per heavy atom. The number of hydrogen-bond acceptors (Lipinski definition) is 3. The monoisotopic (exact) mass is 174 g/mol. The lowest BCUT2D eigenvalue weighted by atomic mass is 10.2. The van der Waals surface area contributed by atoms with E-state index in [1.807, 2.05) is 0 Å². The van der Waals surface area contributed by atoms with Gasteiger partial charge in [0, 0.05) is 13.2 Å². The van der Waals surface area contributed by atoms with Crippen LogP contribution in [0.3, 0.4) is 0 Å². The Balaban J connectivity index is 0.000000120. The van der Waals surface area contributed by atoms with Gasteiger partial charge in [0.2, 0.25) is 0 Å². The van der Waals surface area contributed by atoms with E-state index >= 15 is 0 Å². The molecular formula is C9H18O3. The minimum Gasteiger partial charge on any atom is -0.381 e. The maximum atomic E-state index is 5.07. The average molecular weight is 174 g/mol. The third-order valence-electron chi connectivity index (χ3n) is 1.82. The molecule has 3 heteroatoms. The van der Waals surface area contributed by atoms with Crippen LogP contribution in [0.5, 0.6) is 0 Å². The fraction of sp³-hybridized carbons (Fsp3) is 1.00. The van der Waals surface area contributed by atoms with Crippen molar-refractivity contribution in [2.45, 2.75) is 25.7 Å². The number of hydrogen-bond donors (Lipinski definition) is 0. The van der Waals surface area contributed by atoms with Crippen molar-refractivity contribution >= 4 is 0 Å². The van der Waals surface area contributed by atoms with Gasteiger partial charge in [0.1, 0.15) is 6.79 Å². The van der Waals surface area contributed by atoms with Crippen LogP contribution in [0.4, 0.5) is 0 Å². The minimum absolute atomic E-state index is 0.500. The van der Waals surface area contributed by atoms with Gasteiger partial charge in [-0.3, -0.25) is 0 Å². The van der Waals surface area contributed by atoms with Gasteiger partial charge in [-0.25, -0.2) is 0 Å². The largest absolute Gasteiger partial charge is 0.381 e. The van der Waals surface area contributed by atoms with Crippen LogP contribution in [-0.4, -0.2) is 33.2 Å². The summed E-state index contributed by atoms with van der Waals surface area (Å²) >= 11 is 0. The smallest absolute Gasteiger partial charge is 0.146 e. The lowest BCUT2D eigenvalue weighted by molar-refractivity contribution is -0.0963. The van der Waals surface area contributed by atoms with E-state index < -0.39 is 0 Å². The first-order valence-corrected chi connectivity index (χ1v) is 4.73. The van der Waals surface area contributed by atoms with E-state index in [1.165, 1.54) is 19.3 Å². The first-order valence-electron chi connectivity index (χ1n) is 4.73. The summed E-state index contributed by atoms with van der Waals surface area (Å²) in [5.74, 6) is 0. The Kier molecular flexibility index (Phi) is 6.25. The van der Waals surface area contributed by atoms with Gasteiger partial charge in [-0.1, -0.05) is 0 Å². The minimum atomic E-state index is 0.500. The second-order valence-corrected chi connectivity index (χ2v) is 2.96. The summed E-state index contributed by atoms with van der Waals surface area (Å²) in [5, 5.41) is 0. The lowest BCUT2D eigenvalue weighted by Crippen LogP contribution is -2.11. The quantitative estimate of drug-likeness (QED) is 0.558. The third-order valence-corrected chi connectivity index (χ3v) is 1.82. The van der Waals surface area contributed by atoms with E-state index in [1.54, 1.807) is 0 Å². The molecular weight excluding hydrogens is 156 g/mol. The van der Waals surface area contributed by atoms with Crippen LogP contribution in [-0.2, 0) is 14.2 Å². The summed E-state index contributed by atoms with van der Waals surface area (Å²) in [7, 11) is 0. The molecule has 2 aliphatic heterocycles. The zero-order chi connectivity index (χ0) is 8.49. The molecule has 0 radical (unpaired) electrons.